The van der Waals surface area contributed by atoms with Gasteiger partial charge in [0.1, 0.15) is 48.8 Å². The van der Waals surface area contributed by atoms with Gasteiger partial charge in [0, 0.05) is 0 Å². The standard InChI is InChI=1S/C12H22O11/c13-1-3(15)9-6(17)8(19)12(22-9)23-10-4(2-14)21-11(20)7(18)5(10)16/h3-20H,1-2H2/t3-,4-,5-,6-,7-,8-,9+,10+,11+,12+/m1/s1. The van der Waals surface area contributed by atoms with Crippen molar-refractivity contribution in [3.63, 3.8) is 0 Å². The average molecular weight is 342 g/mol. The zero-order valence-corrected chi connectivity index (χ0v) is 12.0. The lowest BCUT2D eigenvalue weighted by atomic mass is 9.99. The second-order valence-electron chi connectivity index (χ2n) is 5.53. The fourth-order valence-corrected chi connectivity index (χ4v) is 2.60. The molecule has 2 heterocycles. The van der Waals surface area contributed by atoms with Crippen LogP contribution in [0, 0.1) is 0 Å². The van der Waals surface area contributed by atoms with Gasteiger partial charge in [0.2, 0.25) is 0 Å². The van der Waals surface area contributed by atoms with Gasteiger partial charge < -0.3 is 55.1 Å². The second kappa shape index (κ2) is 7.63. The summed E-state index contributed by atoms with van der Waals surface area (Å²) in [5.74, 6) is 0. The smallest absolute Gasteiger partial charge is 0.187 e. The predicted molar refractivity (Wildman–Crippen MR) is 68.6 cm³/mol. The molecule has 2 aliphatic rings. The molecule has 0 amide bonds. The van der Waals surface area contributed by atoms with E-state index in [0.29, 0.717) is 0 Å². The highest BCUT2D eigenvalue weighted by molar-refractivity contribution is 4.94. The number of ether oxygens (including phenoxy) is 3. The Morgan fingerprint density at radius 3 is 2.09 bits per heavy atom. The van der Waals surface area contributed by atoms with Crippen LogP contribution in [0.1, 0.15) is 0 Å². The van der Waals surface area contributed by atoms with Crippen LogP contribution in [0.15, 0.2) is 0 Å². The molecular formula is C12H22O11. The minimum Gasteiger partial charge on any atom is -0.394 e. The summed E-state index contributed by atoms with van der Waals surface area (Å²) in [6.07, 6.45) is -15.2. The van der Waals surface area contributed by atoms with Crippen molar-refractivity contribution in [2.24, 2.45) is 0 Å². The third kappa shape index (κ3) is 3.65. The topological polar surface area (TPSA) is 190 Å². The minimum atomic E-state index is -1.73. The van der Waals surface area contributed by atoms with Crippen LogP contribution >= 0.6 is 0 Å². The van der Waals surface area contributed by atoms with Crippen molar-refractivity contribution in [1.29, 1.82) is 0 Å². The Balaban J connectivity index is 2.07. The van der Waals surface area contributed by atoms with Crippen LogP contribution in [0.5, 0.6) is 0 Å². The Labute approximate surface area is 130 Å². The monoisotopic (exact) mass is 342 g/mol. The van der Waals surface area contributed by atoms with Gasteiger partial charge in [-0.2, -0.15) is 0 Å². The van der Waals surface area contributed by atoms with E-state index >= 15 is 0 Å². The maximum atomic E-state index is 9.93. The molecule has 2 fully saturated rings. The molecule has 0 aromatic heterocycles. The highest BCUT2D eigenvalue weighted by Crippen LogP contribution is 2.29. The van der Waals surface area contributed by atoms with Crippen molar-refractivity contribution >= 4 is 0 Å². The predicted octanol–water partition coefficient (Wildman–Crippen LogP) is -5.40. The van der Waals surface area contributed by atoms with Crippen LogP contribution in [0.25, 0.3) is 0 Å². The van der Waals surface area contributed by atoms with E-state index in [2.05, 4.69) is 0 Å². The molecule has 11 heteroatoms. The Hall–Kier alpha value is -0.440. The molecule has 8 N–H and O–H groups in total. The minimum absolute atomic E-state index is 0.667. The van der Waals surface area contributed by atoms with E-state index in [9.17, 15) is 35.7 Å². The number of aliphatic hydroxyl groups excluding tert-OH is 8. The summed E-state index contributed by atoms with van der Waals surface area (Å²) >= 11 is 0. The quantitative estimate of drug-likeness (QED) is 0.238. The summed E-state index contributed by atoms with van der Waals surface area (Å²) < 4.78 is 15.3. The molecule has 23 heavy (non-hydrogen) atoms. The Kier molecular flexibility index (Phi) is 6.27. The van der Waals surface area contributed by atoms with Gasteiger partial charge in [-0.15, -0.1) is 0 Å². The summed E-state index contributed by atoms with van der Waals surface area (Å²) in [5.41, 5.74) is 0. The number of aliphatic hydroxyl groups is 8. The molecule has 0 aromatic rings. The Morgan fingerprint density at radius 1 is 0.870 bits per heavy atom. The van der Waals surface area contributed by atoms with Crippen LogP contribution in [0.2, 0.25) is 0 Å². The molecule has 11 nitrogen and oxygen atoms in total. The third-order valence-electron chi connectivity index (χ3n) is 3.95. The van der Waals surface area contributed by atoms with Crippen LogP contribution in [-0.4, -0.2) is 115 Å². The van der Waals surface area contributed by atoms with Gasteiger partial charge in [0.05, 0.1) is 13.2 Å². The lowest BCUT2D eigenvalue weighted by Gasteiger charge is -2.41. The molecular weight excluding hydrogens is 320 g/mol. The first-order chi connectivity index (χ1) is 10.8. The number of hydrogen-bond acceptors (Lipinski definition) is 11. The first-order valence-electron chi connectivity index (χ1n) is 7.08. The summed E-state index contributed by atoms with van der Waals surface area (Å²) in [4.78, 5) is 0. The molecule has 2 aliphatic heterocycles. The van der Waals surface area contributed by atoms with E-state index in [0.717, 1.165) is 0 Å². The zero-order chi connectivity index (χ0) is 17.3. The van der Waals surface area contributed by atoms with E-state index in [-0.39, 0.29) is 0 Å². The van der Waals surface area contributed by atoms with E-state index in [1.165, 1.54) is 0 Å². The number of rotatable bonds is 5. The van der Waals surface area contributed by atoms with Crippen molar-refractivity contribution in [3.05, 3.63) is 0 Å². The maximum Gasteiger partial charge on any atom is 0.187 e. The van der Waals surface area contributed by atoms with Crippen molar-refractivity contribution in [2.45, 2.75) is 61.4 Å². The molecule has 2 saturated heterocycles. The molecule has 136 valence electrons. The summed E-state index contributed by atoms with van der Waals surface area (Å²) in [5, 5.41) is 76.2. The van der Waals surface area contributed by atoms with Crippen molar-refractivity contribution < 1.29 is 55.1 Å². The molecule has 10 atom stereocenters. The summed E-state index contributed by atoms with van der Waals surface area (Å²) in [6.45, 7) is -1.39. The van der Waals surface area contributed by atoms with Gasteiger partial charge in [-0.3, -0.25) is 0 Å². The molecule has 0 aromatic carbocycles. The van der Waals surface area contributed by atoms with Gasteiger partial charge in [-0.05, 0) is 0 Å². The molecule has 2 rings (SSSR count). The Morgan fingerprint density at radius 2 is 1.52 bits per heavy atom. The highest BCUT2D eigenvalue weighted by Gasteiger charge is 2.51. The van der Waals surface area contributed by atoms with E-state index in [1.807, 2.05) is 0 Å². The molecule has 0 spiro atoms. The van der Waals surface area contributed by atoms with E-state index < -0.39 is 74.6 Å². The number of hydrogen-bond donors (Lipinski definition) is 8. The van der Waals surface area contributed by atoms with Crippen LogP contribution in [0.3, 0.4) is 0 Å². The maximum absolute atomic E-state index is 9.93. The van der Waals surface area contributed by atoms with Gasteiger partial charge in [0.15, 0.2) is 12.6 Å². The first-order valence-corrected chi connectivity index (χ1v) is 7.08. The second-order valence-corrected chi connectivity index (χ2v) is 5.53. The SMILES string of the molecule is OC[C@@H](O)[C@@H]1O[C@@H](O[C@@H]2[C@H](O)[C@@H](O)[C@@H](O)O[C@@H]2CO)[C@H](O)[C@H]1O. The van der Waals surface area contributed by atoms with Crippen molar-refractivity contribution in [2.75, 3.05) is 13.2 Å². The average Bonchev–Trinajstić information content (AvgIpc) is 2.82. The van der Waals surface area contributed by atoms with Crippen LogP contribution in [0.4, 0.5) is 0 Å². The van der Waals surface area contributed by atoms with Crippen molar-refractivity contribution in [1.82, 2.24) is 0 Å². The third-order valence-corrected chi connectivity index (χ3v) is 3.95. The zero-order valence-electron chi connectivity index (χ0n) is 12.0. The molecule has 0 saturated carbocycles. The van der Waals surface area contributed by atoms with Crippen molar-refractivity contribution in [3.8, 4) is 0 Å². The first kappa shape index (κ1) is 18.9. The molecule has 0 radical (unpaired) electrons. The lowest BCUT2D eigenvalue weighted by molar-refractivity contribution is -0.321. The summed E-state index contributed by atoms with van der Waals surface area (Å²) in [6, 6.07) is 0. The van der Waals surface area contributed by atoms with Gasteiger partial charge >= 0.3 is 0 Å². The summed E-state index contributed by atoms with van der Waals surface area (Å²) in [7, 11) is 0. The largest absolute Gasteiger partial charge is 0.394 e. The van der Waals surface area contributed by atoms with Crippen LogP contribution < -0.4 is 0 Å². The highest BCUT2D eigenvalue weighted by atomic mass is 16.7. The Bertz CT molecular complexity index is 380. The molecule has 0 aliphatic carbocycles. The van der Waals surface area contributed by atoms with Gasteiger partial charge in [-0.25, -0.2) is 0 Å². The molecule has 0 unspecified atom stereocenters. The normalized spacial score (nSPS) is 49.3. The van der Waals surface area contributed by atoms with Gasteiger partial charge in [0.25, 0.3) is 0 Å². The van der Waals surface area contributed by atoms with E-state index in [4.69, 9.17) is 19.3 Å². The fraction of sp³-hybridized carbons (Fsp3) is 1.00. The molecule has 0 bridgehead atoms. The fourth-order valence-electron chi connectivity index (χ4n) is 2.60. The van der Waals surface area contributed by atoms with E-state index in [1.54, 1.807) is 0 Å². The van der Waals surface area contributed by atoms with Crippen LogP contribution in [-0.2, 0) is 14.2 Å². The van der Waals surface area contributed by atoms with Gasteiger partial charge in [-0.1, -0.05) is 0 Å². The lowest BCUT2D eigenvalue weighted by Crippen LogP contribution is -2.60.